The van der Waals surface area contributed by atoms with Crippen molar-refractivity contribution >= 4 is 21.1 Å². The van der Waals surface area contributed by atoms with Crippen LogP contribution in [0.3, 0.4) is 0 Å². The number of hydrogen-bond donors (Lipinski definition) is 2. The molecule has 3 aromatic rings. The second-order valence-electron chi connectivity index (χ2n) is 5.49. The van der Waals surface area contributed by atoms with Crippen LogP contribution in [0, 0.1) is 6.92 Å². The molecule has 120 valence electrons. The summed E-state index contributed by atoms with van der Waals surface area (Å²) in [6, 6.07) is 12.6. The van der Waals surface area contributed by atoms with Crippen molar-refractivity contribution in [3.8, 4) is 0 Å². The van der Waals surface area contributed by atoms with Crippen molar-refractivity contribution in [3.63, 3.8) is 0 Å². The van der Waals surface area contributed by atoms with E-state index in [1.54, 1.807) is 20.0 Å². The van der Waals surface area contributed by atoms with Gasteiger partial charge in [0.1, 0.15) is 0 Å². The first kappa shape index (κ1) is 15.5. The number of fused-ring (bicyclic) bond motifs is 1. The van der Waals surface area contributed by atoms with Gasteiger partial charge in [-0.25, -0.2) is 13.2 Å². The van der Waals surface area contributed by atoms with Crippen LogP contribution in [0.15, 0.2) is 52.2 Å². The average Bonchev–Trinajstić information content (AvgIpc) is 2.86. The molecule has 2 aromatic carbocycles. The summed E-state index contributed by atoms with van der Waals surface area (Å²) in [7, 11) is -2.11. The molecule has 0 saturated carbocycles. The predicted octanol–water partition coefficient (Wildman–Crippen LogP) is 1.99. The minimum Gasteiger partial charge on any atom is -0.306 e. The fourth-order valence-electron chi connectivity index (χ4n) is 2.54. The van der Waals surface area contributed by atoms with Crippen LogP contribution in [0.4, 0.5) is 0 Å². The number of aromatic amines is 2. The van der Waals surface area contributed by atoms with Gasteiger partial charge in [0.25, 0.3) is 0 Å². The molecule has 0 saturated heterocycles. The quantitative estimate of drug-likeness (QED) is 0.766. The lowest BCUT2D eigenvalue weighted by Gasteiger charge is -2.18. The van der Waals surface area contributed by atoms with Crippen molar-refractivity contribution in [1.29, 1.82) is 0 Å². The first-order valence-electron chi connectivity index (χ1n) is 7.11. The smallest absolute Gasteiger partial charge is 0.306 e. The molecular weight excluding hydrogens is 314 g/mol. The number of imidazole rings is 1. The molecule has 0 aliphatic carbocycles. The minimum atomic E-state index is -3.65. The molecule has 1 aromatic heterocycles. The number of aromatic nitrogens is 2. The van der Waals surface area contributed by atoms with Gasteiger partial charge in [-0.3, -0.25) is 0 Å². The van der Waals surface area contributed by atoms with Crippen LogP contribution in [0.25, 0.3) is 11.0 Å². The van der Waals surface area contributed by atoms with Crippen molar-refractivity contribution in [1.82, 2.24) is 14.3 Å². The SMILES string of the molecule is Cc1cc2[nH]c(=O)[nH]c2cc1S(=O)(=O)N(C)Cc1ccccc1. The maximum Gasteiger partial charge on any atom is 0.323 e. The molecule has 0 aliphatic rings. The topological polar surface area (TPSA) is 86.0 Å². The highest BCUT2D eigenvalue weighted by Crippen LogP contribution is 2.24. The van der Waals surface area contributed by atoms with Gasteiger partial charge in [-0.1, -0.05) is 30.3 Å². The summed E-state index contributed by atoms with van der Waals surface area (Å²) in [6.45, 7) is 2.00. The van der Waals surface area contributed by atoms with Crippen molar-refractivity contribution in [2.75, 3.05) is 7.05 Å². The number of nitrogens with zero attached hydrogens (tertiary/aromatic N) is 1. The molecule has 0 amide bonds. The van der Waals surface area contributed by atoms with E-state index in [-0.39, 0.29) is 17.1 Å². The lowest BCUT2D eigenvalue weighted by Crippen LogP contribution is -2.27. The number of aryl methyl sites for hydroxylation is 1. The number of H-pyrrole nitrogens is 2. The van der Waals surface area contributed by atoms with Gasteiger partial charge < -0.3 is 9.97 Å². The molecule has 7 heteroatoms. The summed E-state index contributed by atoms with van der Waals surface area (Å²) in [5, 5.41) is 0. The standard InChI is InChI=1S/C16H17N3O3S/c1-11-8-13-14(18-16(20)17-13)9-15(11)23(21,22)19(2)10-12-6-4-3-5-7-12/h3-9H,10H2,1-2H3,(H2,17,18,20). The van der Waals surface area contributed by atoms with Gasteiger partial charge in [-0.2, -0.15) is 4.31 Å². The highest BCUT2D eigenvalue weighted by Gasteiger charge is 2.23. The average molecular weight is 331 g/mol. The first-order chi connectivity index (χ1) is 10.9. The van der Waals surface area contributed by atoms with E-state index >= 15 is 0 Å². The Hall–Kier alpha value is -2.38. The van der Waals surface area contributed by atoms with E-state index in [4.69, 9.17) is 0 Å². The highest BCUT2D eigenvalue weighted by atomic mass is 32.2. The van der Waals surface area contributed by atoms with E-state index in [0.29, 0.717) is 16.6 Å². The normalized spacial score (nSPS) is 12.1. The molecule has 1 heterocycles. The predicted molar refractivity (Wildman–Crippen MR) is 88.8 cm³/mol. The van der Waals surface area contributed by atoms with Crippen molar-refractivity contribution in [2.24, 2.45) is 0 Å². The Labute approximate surface area is 133 Å². The zero-order valence-electron chi connectivity index (χ0n) is 12.8. The zero-order chi connectivity index (χ0) is 16.6. The molecule has 0 fully saturated rings. The van der Waals surface area contributed by atoms with Gasteiger partial charge in [-0.15, -0.1) is 0 Å². The van der Waals surface area contributed by atoms with Gasteiger partial charge in [0, 0.05) is 13.6 Å². The molecule has 0 unspecified atom stereocenters. The maximum absolute atomic E-state index is 12.8. The Bertz CT molecular complexity index is 1000. The van der Waals surface area contributed by atoms with Crippen molar-refractivity contribution in [3.05, 3.63) is 64.1 Å². The molecule has 0 bridgehead atoms. The number of sulfonamides is 1. The maximum atomic E-state index is 12.8. The number of hydrogen-bond acceptors (Lipinski definition) is 3. The van der Waals surface area contributed by atoms with Crippen LogP contribution in [0.1, 0.15) is 11.1 Å². The Balaban J connectivity index is 2.01. The van der Waals surface area contributed by atoms with Gasteiger partial charge in [0.15, 0.2) is 0 Å². The van der Waals surface area contributed by atoms with Crippen LogP contribution >= 0.6 is 0 Å². The number of rotatable bonds is 4. The van der Waals surface area contributed by atoms with Crippen LogP contribution in [-0.4, -0.2) is 29.7 Å². The molecule has 0 radical (unpaired) electrons. The molecule has 3 rings (SSSR count). The molecule has 23 heavy (non-hydrogen) atoms. The van der Waals surface area contributed by atoms with Gasteiger partial charge >= 0.3 is 5.69 Å². The third-order valence-electron chi connectivity index (χ3n) is 3.75. The Morgan fingerprint density at radius 2 is 1.65 bits per heavy atom. The Morgan fingerprint density at radius 3 is 2.30 bits per heavy atom. The minimum absolute atomic E-state index is 0.193. The zero-order valence-corrected chi connectivity index (χ0v) is 13.6. The summed E-state index contributed by atoms with van der Waals surface area (Å²) >= 11 is 0. The van der Waals surface area contributed by atoms with Crippen LogP contribution in [-0.2, 0) is 16.6 Å². The summed E-state index contributed by atoms with van der Waals surface area (Å²) in [6.07, 6.45) is 0. The van der Waals surface area contributed by atoms with Gasteiger partial charge in [0.05, 0.1) is 15.9 Å². The monoisotopic (exact) mass is 331 g/mol. The number of benzene rings is 2. The number of nitrogens with one attached hydrogen (secondary N) is 2. The molecule has 0 atom stereocenters. The molecule has 0 spiro atoms. The summed E-state index contributed by atoms with van der Waals surface area (Å²) in [5.74, 6) is 0. The van der Waals surface area contributed by atoms with E-state index < -0.39 is 10.0 Å². The highest BCUT2D eigenvalue weighted by molar-refractivity contribution is 7.89. The van der Waals surface area contributed by atoms with E-state index in [1.807, 2.05) is 30.3 Å². The second-order valence-corrected chi connectivity index (χ2v) is 7.50. The Morgan fingerprint density at radius 1 is 1.04 bits per heavy atom. The fourth-order valence-corrected chi connectivity index (χ4v) is 3.93. The largest absolute Gasteiger partial charge is 0.323 e. The molecule has 0 aliphatic heterocycles. The first-order valence-corrected chi connectivity index (χ1v) is 8.55. The summed E-state index contributed by atoms with van der Waals surface area (Å²) < 4.78 is 27.0. The van der Waals surface area contributed by atoms with Crippen molar-refractivity contribution in [2.45, 2.75) is 18.4 Å². The van der Waals surface area contributed by atoms with Crippen LogP contribution < -0.4 is 5.69 Å². The molecule has 2 N–H and O–H groups in total. The van der Waals surface area contributed by atoms with Crippen molar-refractivity contribution < 1.29 is 8.42 Å². The van der Waals surface area contributed by atoms with Crippen LogP contribution in [0.2, 0.25) is 0 Å². The lowest BCUT2D eigenvalue weighted by molar-refractivity contribution is 0.466. The molecular formula is C16H17N3O3S. The third-order valence-corrected chi connectivity index (χ3v) is 5.69. The van der Waals surface area contributed by atoms with E-state index in [0.717, 1.165) is 5.56 Å². The lowest BCUT2D eigenvalue weighted by atomic mass is 10.2. The van der Waals surface area contributed by atoms with E-state index in [1.165, 1.54) is 10.4 Å². The second kappa shape index (κ2) is 5.68. The summed E-state index contributed by atoms with van der Waals surface area (Å²) in [5.41, 5.74) is 2.22. The third kappa shape index (κ3) is 2.93. The van der Waals surface area contributed by atoms with Gasteiger partial charge in [-0.05, 0) is 30.2 Å². The summed E-state index contributed by atoms with van der Waals surface area (Å²) in [4.78, 5) is 16.8. The Kier molecular flexibility index (Phi) is 3.83. The fraction of sp³-hybridized carbons (Fsp3) is 0.188. The van der Waals surface area contributed by atoms with E-state index in [2.05, 4.69) is 9.97 Å². The van der Waals surface area contributed by atoms with Crippen LogP contribution in [0.5, 0.6) is 0 Å². The van der Waals surface area contributed by atoms with E-state index in [9.17, 15) is 13.2 Å². The molecule has 6 nitrogen and oxygen atoms in total. The van der Waals surface area contributed by atoms with Gasteiger partial charge in [0.2, 0.25) is 10.0 Å².